The van der Waals surface area contributed by atoms with E-state index in [9.17, 15) is 4.79 Å². The van der Waals surface area contributed by atoms with Gasteiger partial charge in [0.1, 0.15) is 0 Å². The molecular formula is C14H15ClN4OS. The van der Waals surface area contributed by atoms with Gasteiger partial charge in [-0.2, -0.15) is 0 Å². The molecule has 1 aliphatic heterocycles. The molecule has 2 aromatic rings. The largest absolute Gasteiger partial charge is 0.320 e. The van der Waals surface area contributed by atoms with Crippen molar-refractivity contribution in [3.05, 3.63) is 39.3 Å². The second-order valence-electron chi connectivity index (χ2n) is 4.95. The van der Waals surface area contributed by atoms with Gasteiger partial charge in [-0.25, -0.2) is 0 Å². The van der Waals surface area contributed by atoms with Gasteiger partial charge in [0.15, 0.2) is 0 Å². The Kier molecular flexibility index (Phi) is 4.48. The average Bonchev–Trinajstić information content (AvgIpc) is 3.12. The lowest BCUT2D eigenvalue weighted by Gasteiger charge is -2.17. The van der Waals surface area contributed by atoms with Crippen molar-refractivity contribution in [2.75, 3.05) is 18.4 Å². The number of nitrogens with one attached hydrogen (secondary N) is 1. The molecule has 1 aliphatic rings. The first kappa shape index (κ1) is 14.4. The number of carbonyl (C=O) groups is 1. The SMILES string of the molecule is O=C(Nc1ccccc1CN1CCCC1)c1nnc(Cl)s1. The Bertz CT molecular complexity index is 639. The fraction of sp³-hybridized carbons (Fsp3) is 0.357. The number of halogens is 1. The molecule has 0 aliphatic carbocycles. The minimum absolute atomic E-state index is 0.269. The van der Waals surface area contributed by atoms with E-state index in [2.05, 4.69) is 20.4 Å². The zero-order chi connectivity index (χ0) is 14.7. The second kappa shape index (κ2) is 6.51. The molecule has 7 heteroatoms. The van der Waals surface area contributed by atoms with Gasteiger partial charge in [-0.05, 0) is 49.2 Å². The normalized spacial score (nSPS) is 15.3. The Hall–Kier alpha value is -1.50. The summed E-state index contributed by atoms with van der Waals surface area (Å²) in [6.07, 6.45) is 2.50. The lowest BCUT2D eigenvalue weighted by atomic mass is 10.1. The standard InChI is InChI=1S/C14H15ClN4OS/c15-14-18-17-13(21-14)12(20)16-11-6-2-1-5-10(11)9-19-7-3-4-8-19/h1-2,5-6H,3-4,7-9H2,(H,16,20). The Morgan fingerprint density at radius 2 is 2.05 bits per heavy atom. The van der Waals surface area contributed by atoms with Gasteiger partial charge in [0.2, 0.25) is 9.47 Å². The Labute approximate surface area is 131 Å². The quantitative estimate of drug-likeness (QED) is 0.940. The molecule has 2 heterocycles. The lowest BCUT2D eigenvalue weighted by Crippen LogP contribution is -2.20. The van der Waals surface area contributed by atoms with E-state index in [4.69, 9.17) is 11.6 Å². The van der Waals surface area contributed by atoms with Crippen molar-refractivity contribution in [2.24, 2.45) is 0 Å². The maximum Gasteiger partial charge on any atom is 0.286 e. The summed E-state index contributed by atoms with van der Waals surface area (Å²) < 4.78 is 0.269. The van der Waals surface area contributed by atoms with Crippen LogP contribution in [0.4, 0.5) is 5.69 Å². The van der Waals surface area contributed by atoms with E-state index in [1.165, 1.54) is 12.8 Å². The van der Waals surface area contributed by atoms with Crippen LogP contribution in [0.2, 0.25) is 4.47 Å². The van der Waals surface area contributed by atoms with Crippen LogP contribution in [0, 0.1) is 0 Å². The molecule has 1 saturated heterocycles. The molecule has 1 fully saturated rings. The van der Waals surface area contributed by atoms with Gasteiger partial charge in [0, 0.05) is 12.2 Å². The number of rotatable bonds is 4. The van der Waals surface area contributed by atoms with Crippen molar-refractivity contribution in [1.82, 2.24) is 15.1 Å². The molecule has 0 radical (unpaired) electrons. The molecular weight excluding hydrogens is 308 g/mol. The van der Waals surface area contributed by atoms with Gasteiger partial charge in [-0.1, -0.05) is 29.5 Å². The third kappa shape index (κ3) is 3.58. The number of amides is 1. The topological polar surface area (TPSA) is 58.1 Å². The predicted octanol–water partition coefficient (Wildman–Crippen LogP) is 3.04. The van der Waals surface area contributed by atoms with Gasteiger partial charge in [0.05, 0.1) is 0 Å². The molecule has 21 heavy (non-hydrogen) atoms. The third-order valence-electron chi connectivity index (χ3n) is 3.45. The minimum atomic E-state index is -0.270. The first-order valence-electron chi connectivity index (χ1n) is 6.83. The fourth-order valence-corrected chi connectivity index (χ4v) is 3.16. The minimum Gasteiger partial charge on any atom is -0.320 e. The number of hydrogen-bond donors (Lipinski definition) is 1. The van der Waals surface area contributed by atoms with E-state index in [0.717, 1.165) is 42.2 Å². The van der Waals surface area contributed by atoms with Crippen LogP contribution in [0.1, 0.15) is 28.2 Å². The van der Waals surface area contributed by atoms with Crippen LogP contribution in [-0.4, -0.2) is 34.1 Å². The number of likely N-dealkylation sites (tertiary alicyclic amines) is 1. The number of aromatic nitrogens is 2. The molecule has 0 bridgehead atoms. The van der Waals surface area contributed by atoms with Gasteiger partial charge in [0.25, 0.3) is 5.91 Å². The molecule has 110 valence electrons. The summed E-state index contributed by atoms with van der Waals surface area (Å²) in [5.74, 6) is -0.270. The van der Waals surface area contributed by atoms with Crippen molar-refractivity contribution in [3.8, 4) is 0 Å². The van der Waals surface area contributed by atoms with Crippen LogP contribution in [0.15, 0.2) is 24.3 Å². The molecule has 1 aromatic carbocycles. The van der Waals surface area contributed by atoms with Crippen LogP contribution >= 0.6 is 22.9 Å². The molecule has 0 saturated carbocycles. The lowest BCUT2D eigenvalue weighted by molar-refractivity contribution is 0.102. The van der Waals surface area contributed by atoms with E-state index in [1.54, 1.807) is 0 Å². The zero-order valence-electron chi connectivity index (χ0n) is 11.4. The monoisotopic (exact) mass is 322 g/mol. The summed E-state index contributed by atoms with van der Waals surface area (Å²) in [6, 6.07) is 7.85. The van der Waals surface area contributed by atoms with Crippen molar-refractivity contribution >= 4 is 34.5 Å². The number of carbonyl (C=O) groups excluding carboxylic acids is 1. The van der Waals surface area contributed by atoms with Gasteiger partial charge < -0.3 is 5.32 Å². The Morgan fingerprint density at radius 1 is 1.29 bits per heavy atom. The third-order valence-corrected chi connectivity index (χ3v) is 4.47. The van der Waals surface area contributed by atoms with Crippen LogP contribution in [0.5, 0.6) is 0 Å². The van der Waals surface area contributed by atoms with Gasteiger partial charge in [-0.3, -0.25) is 9.69 Å². The molecule has 1 amide bonds. The second-order valence-corrected chi connectivity index (χ2v) is 6.51. The summed E-state index contributed by atoms with van der Waals surface area (Å²) in [6.45, 7) is 3.09. The number of hydrogen-bond acceptors (Lipinski definition) is 5. The molecule has 0 atom stereocenters. The van der Waals surface area contributed by atoms with Gasteiger partial charge in [-0.15, -0.1) is 10.2 Å². The van der Waals surface area contributed by atoms with Crippen LogP contribution < -0.4 is 5.32 Å². The van der Waals surface area contributed by atoms with Crippen molar-refractivity contribution in [1.29, 1.82) is 0 Å². The molecule has 0 spiro atoms. The highest BCUT2D eigenvalue weighted by Crippen LogP contribution is 2.22. The summed E-state index contributed by atoms with van der Waals surface area (Å²) in [4.78, 5) is 14.5. The summed E-state index contributed by atoms with van der Waals surface area (Å²) in [7, 11) is 0. The van der Waals surface area contributed by atoms with Gasteiger partial charge >= 0.3 is 0 Å². The summed E-state index contributed by atoms with van der Waals surface area (Å²) in [5, 5.41) is 10.6. The summed E-state index contributed by atoms with van der Waals surface area (Å²) in [5.41, 5.74) is 1.93. The van der Waals surface area contributed by atoms with Crippen LogP contribution in [-0.2, 0) is 6.54 Å². The molecule has 1 N–H and O–H groups in total. The first-order chi connectivity index (χ1) is 10.2. The summed E-state index contributed by atoms with van der Waals surface area (Å²) >= 11 is 6.78. The van der Waals surface area contributed by atoms with Crippen LogP contribution in [0.25, 0.3) is 0 Å². The average molecular weight is 323 g/mol. The predicted molar refractivity (Wildman–Crippen MR) is 83.8 cm³/mol. The van der Waals surface area contributed by atoms with E-state index in [1.807, 2.05) is 24.3 Å². The number of para-hydroxylation sites is 1. The van der Waals surface area contributed by atoms with E-state index >= 15 is 0 Å². The van der Waals surface area contributed by atoms with E-state index in [-0.39, 0.29) is 15.4 Å². The smallest absolute Gasteiger partial charge is 0.286 e. The molecule has 3 rings (SSSR count). The van der Waals surface area contributed by atoms with Crippen molar-refractivity contribution < 1.29 is 4.79 Å². The molecule has 1 aromatic heterocycles. The number of anilines is 1. The van der Waals surface area contributed by atoms with Crippen molar-refractivity contribution in [2.45, 2.75) is 19.4 Å². The first-order valence-corrected chi connectivity index (χ1v) is 8.02. The van der Waals surface area contributed by atoms with E-state index < -0.39 is 0 Å². The fourth-order valence-electron chi connectivity index (χ4n) is 2.43. The highest BCUT2D eigenvalue weighted by Gasteiger charge is 2.16. The molecule has 5 nitrogen and oxygen atoms in total. The van der Waals surface area contributed by atoms with Crippen LogP contribution in [0.3, 0.4) is 0 Å². The molecule has 0 unspecified atom stereocenters. The van der Waals surface area contributed by atoms with Crippen molar-refractivity contribution in [3.63, 3.8) is 0 Å². The maximum atomic E-state index is 12.1. The highest BCUT2D eigenvalue weighted by molar-refractivity contribution is 7.17. The number of benzene rings is 1. The zero-order valence-corrected chi connectivity index (χ0v) is 13.0. The Balaban J connectivity index is 1.73. The highest BCUT2D eigenvalue weighted by atomic mass is 35.5. The maximum absolute atomic E-state index is 12.1. The van der Waals surface area contributed by atoms with E-state index in [0.29, 0.717) is 0 Å². The number of nitrogens with zero attached hydrogens (tertiary/aromatic N) is 3. The Morgan fingerprint density at radius 3 is 2.76 bits per heavy atom.